The average Bonchev–Trinajstić information content (AvgIpc) is 2.36. The fourth-order valence-electron chi connectivity index (χ4n) is 1.11. The van der Waals surface area contributed by atoms with Gasteiger partial charge in [-0.2, -0.15) is 0 Å². The van der Waals surface area contributed by atoms with Crippen molar-refractivity contribution in [2.45, 2.75) is 0 Å². The number of hydrogen-bond acceptors (Lipinski definition) is 2. The second-order valence-corrected chi connectivity index (χ2v) is 3.14. The van der Waals surface area contributed by atoms with Crippen LogP contribution in [0.25, 0.3) is 0 Å². The van der Waals surface area contributed by atoms with E-state index in [0.717, 1.165) is 9.80 Å². The first-order valence-electron chi connectivity index (χ1n) is 4.94. The lowest BCUT2D eigenvalue weighted by atomic mass is 10.3. The van der Waals surface area contributed by atoms with Crippen LogP contribution in [-0.2, 0) is 9.59 Å². The molecule has 18 heavy (non-hydrogen) atoms. The summed E-state index contributed by atoms with van der Waals surface area (Å²) in [4.78, 5) is 25.8. The molecule has 0 unspecified atom stereocenters. The van der Waals surface area contributed by atoms with Crippen molar-refractivity contribution in [3.05, 3.63) is 0 Å². The summed E-state index contributed by atoms with van der Waals surface area (Å²) in [5.41, 5.74) is 0. The molecule has 0 fully saturated rings. The van der Waals surface area contributed by atoms with E-state index in [-0.39, 0.29) is 26.2 Å². The Bertz CT molecular complexity index is 402. The van der Waals surface area contributed by atoms with Crippen LogP contribution in [-0.4, -0.2) is 47.8 Å². The average molecular weight is 240 g/mol. The van der Waals surface area contributed by atoms with E-state index in [1.54, 1.807) is 0 Å². The molecule has 0 saturated heterocycles. The largest absolute Gasteiger partial charge is 0.313 e. The van der Waals surface area contributed by atoms with Gasteiger partial charge in [0.25, 0.3) is 0 Å². The third-order valence-corrected chi connectivity index (χ3v) is 1.89. The first-order valence-corrected chi connectivity index (χ1v) is 4.94. The van der Waals surface area contributed by atoms with Crippen LogP contribution in [0, 0.1) is 49.4 Å². The molecule has 0 N–H and O–H groups in total. The maximum Gasteiger partial charge on any atom is 0.313 e. The zero-order valence-corrected chi connectivity index (χ0v) is 9.85. The Morgan fingerprint density at radius 3 is 1.06 bits per heavy atom. The van der Waals surface area contributed by atoms with Crippen LogP contribution in [0.15, 0.2) is 0 Å². The molecule has 4 heteroatoms. The van der Waals surface area contributed by atoms with Gasteiger partial charge < -0.3 is 9.80 Å². The van der Waals surface area contributed by atoms with Gasteiger partial charge in [-0.1, -0.05) is 23.7 Å². The predicted octanol–water partition coefficient (Wildman–Crippen LogP) is -0.824. The van der Waals surface area contributed by atoms with Gasteiger partial charge in [0.2, 0.25) is 0 Å². The van der Waals surface area contributed by atoms with E-state index >= 15 is 0 Å². The van der Waals surface area contributed by atoms with Crippen molar-refractivity contribution in [1.82, 2.24) is 9.80 Å². The van der Waals surface area contributed by atoms with Crippen molar-refractivity contribution in [1.29, 1.82) is 0 Å². The Kier molecular flexibility index (Phi) is 7.04. The Hall–Kier alpha value is -2.82. The zero-order chi connectivity index (χ0) is 14.0. The lowest BCUT2D eigenvalue weighted by Crippen LogP contribution is -2.46. The first-order chi connectivity index (χ1) is 8.62. The summed E-state index contributed by atoms with van der Waals surface area (Å²) in [7, 11) is 0. The van der Waals surface area contributed by atoms with Crippen molar-refractivity contribution < 1.29 is 9.59 Å². The van der Waals surface area contributed by atoms with Gasteiger partial charge >= 0.3 is 11.8 Å². The van der Waals surface area contributed by atoms with Crippen LogP contribution >= 0.6 is 0 Å². The number of nitrogens with zero attached hydrogens (tertiary/aromatic N) is 2. The molecule has 0 saturated carbocycles. The number of amides is 2. The summed E-state index contributed by atoms with van der Waals surface area (Å²) in [5, 5.41) is 0. The third kappa shape index (κ3) is 4.36. The summed E-state index contributed by atoms with van der Waals surface area (Å²) in [6.07, 6.45) is 20.4. The SMILES string of the molecule is C#CCN(CC#C)C(=O)C(=O)N(CC#C)CC#C. The molecule has 0 atom stereocenters. The maximum atomic E-state index is 11.8. The molecule has 0 spiro atoms. The molecule has 0 aromatic carbocycles. The minimum Gasteiger partial charge on any atom is -0.312 e. The van der Waals surface area contributed by atoms with Gasteiger partial charge in [0, 0.05) is 0 Å². The molecular formula is C14H12N2O2. The van der Waals surface area contributed by atoms with Crippen LogP contribution in [0.4, 0.5) is 0 Å². The Balaban J connectivity index is 4.89. The normalized spacial score (nSPS) is 8.00. The molecule has 0 aromatic heterocycles. The smallest absolute Gasteiger partial charge is 0.312 e. The van der Waals surface area contributed by atoms with E-state index in [1.807, 2.05) is 0 Å². The summed E-state index contributed by atoms with van der Waals surface area (Å²) in [6, 6.07) is 0. The van der Waals surface area contributed by atoms with Gasteiger partial charge in [0.05, 0.1) is 26.2 Å². The molecule has 0 aromatic rings. The first kappa shape index (κ1) is 15.2. The predicted molar refractivity (Wildman–Crippen MR) is 68.5 cm³/mol. The molecule has 0 rings (SSSR count). The van der Waals surface area contributed by atoms with E-state index in [0.29, 0.717) is 0 Å². The molecule has 0 aliphatic carbocycles. The quantitative estimate of drug-likeness (QED) is 0.476. The second-order valence-electron chi connectivity index (χ2n) is 3.14. The van der Waals surface area contributed by atoms with Gasteiger partial charge in [-0.05, 0) is 0 Å². The van der Waals surface area contributed by atoms with Crippen molar-refractivity contribution in [2.24, 2.45) is 0 Å². The number of hydrogen-bond donors (Lipinski definition) is 0. The maximum absolute atomic E-state index is 11.8. The van der Waals surface area contributed by atoms with Crippen molar-refractivity contribution in [3.63, 3.8) is 0 Å². The van der Waals surface area contributed by atoms with E-state index < -0.39 is 11.8 Å². The van der Waals surface area contributed by atoms with E-state index in [1.165, 1.54) is 0 Å². The van der Waals surface area contributed by atoms with Gasteiger partial charge in [-0.25, -0.2) is 0 Å². The van der Waals surface area contributed by atoms with Gasteiger partial charge in [0.15, 0.2) is 0 Å². The van der Waals surface area contributed by atoms with Crippen LogP contribution in [0.5, 0.6) is 0 Å². The fraction of sp³-hybridized carbons (Fsp3) is 0.286. The molecule has 90 valence electrons. The van der Waals surface area contributed by atoms with Crippen molar-refractivity contribution in [3.8, 4) is 49.4 Å². The topological polar surface area (TPSA) is 40.6 Å². The number of carbonyl (C=O) groups excluding carboxylic acids is 2. The van der Waals surface area contributed by atoms with Crippen molar-refractivity contribution >= 4 is 11.8 Å². The highest BCUT2D eigenvalue weighted by molar-refractivity contribution is 6.35. The summed E-state index contributed by atoms with van der Waals surface area (Å²) in [5.74, 6) is 7.38. The van der Waals surface area contributed by atoms with Crippen LogP contribution in [0.1, 0.15) is 0 Å². The highest BCUT2D eigenvalue weighted by atomic mass is 16.2. The van der Waals surface area contributed by atoms with Crippen LogP contribution in [0.2, 0.25) is 0 Å². The summed E-state index contributed by atoms with van der Waals surface area (Å²) < 4.78 is 0. The molecule has 0 bridgehead atoms. The van der Waals surface area contributed by atoms with Crippen LogP contribution in [0.3, 0.4) is 0 Å². The minimum atomic E-state index is -0.809. The number of carbonyl (C=O) groups is 2. The molecule has 0 aliphatic heterocycles. The Morgan fingerprint density at radius 1 is 0.667 bits per heavy atom. The standard InChI is InChI=1S/C14H12N2O2/c1-5-9-15(10-6-2)13(17)14(18)16(11-7-3)12-8-4/h1-4H,9-12H2. The molecule has 0 heterocycles. The molecule has 0 radical (unpaired) electrons. The van der Waals surface area contributed by atoms with Gasteiger partial charge in [0.1, 0.15) is 0 Å². The second kappa shape index (κ2) is 8.35. The van der Waals surface area contributed by atoms with Gasteiger partial charge in [-0.3, -0.25) is 9.59 Å². The highest BCUT2D eigenvalue weighted by Gasteiger charge is 2.25. The monoisotopic (exact) mass is 240 g/mol. The van der Waals surface area contributed by atoms with Gasteiger partial charge in [-0.15, -0.1) is 25.7 Å². The van der Waals surface area contributed by atoms with Crippen molar-refractivity contribution in [2.75, 3.05) is 26.2 Å². The summed E-state index contributed by atoms with van der Waals surface area (Å²) in [6.45, 7) is -0.188. The Labute approximate surface area is 107 Å². The summed E-state index contributed by atoms with van der Waals surface area (Å²) >= 11 is 0. The molecule has 4 nitrogen and oxygen atoms in total. The van der Waals surface area contributed by atoms with E-state index in [4.69, 9.17) is 25.7 Å². The fourth-order valence-corrected chi connectivity index (χ4v) is 1.11. The molecule has 2 amide bonds. The molecule has 0 aliphatic rings. The third-order valence-electron chi connectivity index (χ3n) is 1.89. The Morgan fingerprint density at radius 2 is 0.889 bits per heavy atom. The zero-order valence-electron chi connectivity index (χ0n) is 9.85. The van der Waals surface area contributed by atoms with E-state index in [9.17, 15) is 9.59 Å². The number of terminal acetylenes is 4. The lowest BCUT2D eigenvalue weighted by Gasteiger charge is -2.21. The molecular weight excluding hydrogens is 228 g/mol. The highest BCUT2D eigenvalue weighted by Crippen LogP contribution is 1.96. The van der Waals surface area contributed by atoms with E-state index in [2.05, 4.69) is 23.7 Å². The minimum absolute atomic E-state index is 0.0469. The lowest BCUT2D eigenvalue weighted by molar-refractivity contribution is -0.150. The number of rotatable bonds is 4. The van der Waals surface area contributed by atoms with Crippen LogP contribution < -0.4 is 0 Å².